The zero-order valence-corrected chi connectivity index (χ0v) is 20.1. The van der Waals surface area contributed by atoms with Crippen molar-refractivity contribution in [3.63, 3.8) is 0 Å². The molecule has 0 bridgehead atoms. The molecule has 32 heavy (non-hydrogen) atoms. The third-order valence-corrected chi connectivity index (χ3v) is 6.87. The lowest BCUT2D eigenvalue weighted by Crippen LogP contribution is -2.59. The van der Waals surface area contributed by atoms with Gasteiger partial charge in [-0.3, -0.25) is 4.90 Å². The van der Waals surface area contributed by atoms with Crippen molar-refractivity contribution in [1.29, 1.82) is 0 Å². The molecule has 2 N–H and O–H groups in total. The number of carbonyl (C=O) groups excluding carboxylic acids is 1. The van der Waals surface area contributed by atoms with Gasteiger partial charge in [-0.15, -0.1) is 0 Å². The molecule has 6 nitrogen and oxygen atoms in total. The summed E-state index contributed by atoms with van der Waals surface area (Å²) in [6.07, 6.45) is 1.58. The maximum Gasteiger partial charge on any atom is 0.410 e. The lowest BCUT2D eigenvalue weighted by Gasteiger charge is -2.50. The van der Waals surface area contributed by atoms with Gasteiger partial charge in [-0.2, -0.15) is 0 Å². The third kappa shape index (κ3) is 5.52. The molecule has 2 heterocycles. The lowest BCUT2D eigenvalue weighted by molar-refractivity contribution is -0.00191. The van der Waals surface area contributed by atoms with Gasteiger partial charge in [-0.25, -0.2) is 13.6 Å². The normalized spacial score (nSPS) is 19.4. The second-order valence-corrected chi connectivity index (χ2v) is 10.5. The number of ether oxygens (including phenoxy) is 1. The Morgan fingerprint density at radius 1 is 1.00 bits per heavy atom. The standard InChI is InChI=1S/C24H38F2N4O2/c1-23(2,3)32-22(31)29-8-6-18(7-9-29)24(4,5)30-12-10-28(11-13-30)21-19(25)14-17(16-27)15-20(21)26/h14-15,18H,6-13,16,27H2,1-5H3. The highest BCUT2D eigenvalue weighted by atomic mass is 19.1. The van der Waals surface area contributed by atoms with Crippen molar-refractivity contribution in [3.8, 4) is 0 Å². The number of rotatable bonds is 4. The van der Waals surface area contributed by atoms with Gasteiger partial charge in [-0.1, -0.05) is 0 Å². The molecular weight excluding hydrogens is 414 g/mol. The number of benzene rings is 1. The number of nitrogens with two attached hydrogens (primary N) is 1. The van der Waals surface area contributed by atoms with Crippen molar-refractivity contribution in [3.05, 3.63) is 29.3 Å². The molecule has 0 spiro atoms. The molecule has 0 aromatic heterocycles. The van der Waals surface area contributed by atoms with E-state index in [4.69, 9.17) is 10.5 Å². The van der Waals surface area contributed by atoms with Gasteiger partial charge in [0.15, 0.2) is 0 Å². The smallest absolute Gasteiger partial charge is 0.410 e. The van der Waals surface area contributed by atoms with Gasteiger partial charge in [0.25, 0.3) is 0 Å². The Labute approximate surface area is 190 Å². The van der Waals surface area contributed by atoms with Crippen LogP contribution in [0.15, 0.2) is 12.1 Å². The largest absolute Gasteiger partial charge is 0.444 e. The summed E-state index contributed by atoms with van der Waals surface area (Å²) in [7, 11) is 0. The van der Waals surface area contributed by atoms with Gasteiger partial charge in [0, 0.05) is 51.4 Å². The van der Waals surface area contributed by atoms with Gasteiger partial charge in [0.1, 0.15) is 22.9 Å². The number of nitrogens with zero attached hydrogens (tertiary/aromatic N) is 3. The molecule has 1 amide bonds. The number of hydrogen-bond acceptors (Lipinski definition) is 5. The van der Waals surface area contributed by atoms with Crippen LogP contribution in [0.25, 0.3) is 0 Å². The van der Waals surface area contributed by atoms with Crippen LogP contribution in [0, 0.1) is 17.6 Å². The van der Waals surface area contributed by atoms with E-state index in [1.54, 1.807) is 9.80 Å². The molecule has 1 aromatic carbocycles. The number of piperidine rings is 1. The first-order valence-corrected chi connectivity index (χ1v) is 11.6. The van der Waals surface area contributed by atoms with Crippen LogP contribution in [0.3, 0.4) is 0 Å². The summed E-state index contributed by atoms with van der Waals surface area (Å²) in [5.41, 5.74) is 5.48. The van der Waals surface area contributed by atoms with E-state index in [9.17, 15) is 13.6 Å². The number of likely N-dealkylation sites (tertiary alicyclic amines) is 1. The van der Waals surface area contributed by atoms with Gasteiger partial charge in [0.2, 0.25) is 0 Å². The summed E-state index contributed by atoms with van der Waals surface area (Å²) in [4.78, 5) is 18.4. The fourth-order valence-corrected chi connectivity index (χ4v) is 4.90. The Hall–Kier alpha value is -1.93. The van der Waals surface area contributed by atoms with E-state index in [-0.39, 0.29) is 23.9 Å². The summed E-state index contributed by atoms with van der Waals surface area (Å²) < 4.78 is 34.5. The van der Waals surface area contributed by atoms with Crippen molar-refractivity contribution in [2.45, 2.75) is 65.1 Å². The van der Waals surface area contributed by atoms with Gasteiger partial charge >= 0.3 is 6.09 Å². The molecule has 0 saturated carbocycles. The molecule has 8 heteroatoms. The highest BCUT2D eigenvalue weighted by Crippen LogP contribution is 2.35. The molecule has 2 fully saturated rings. The van der Waals surface area contributed by atoms with Gasteiger partial charge in [-0.05, 0) is 71.1 Å². The Morgan fingerprint density at radius 3 is 2.00 bits per heavy atom. The monoisotopic (exact) mass is 452 g/mol. The predicted octanol–water partition coefficient (Wildman–Crippen LogP) is 3.97. The number of piperazine rings is 1. The maximum atomic E-state index is 14.5. The third-order valence-electron chi connectivity index (χ3n) is 6.87. The van der Waals surface area contributed by atoms with Gasteiger partial charge in [0.05, 0.1) is 0 Å². The van der Waals surface area contributed by atoms with Crippen molar-refractivity contribution in [2.75, 3.05) is 44.2 Å². The molecule has 1 aromatic rings. The first-order valence-electron chi connectivity index (χ1n) is 11.6. The Bertz CT molecular complexity index is 786. The fraction of sp³-hybridized carbons (Fsp3) is 0.708. The SMILES string of the molecule is CC(C)(C)OC(=O)N1CCC(C(C)(C)N2CCN(c3c(F)cc(CN)cc3F)CC2)CC1. The Balaban J connectivity index is 1.57. The minimum atomic E-state index is -0.548. The van der Waals surface area contributed by atoms with E-state index in [1.807, 2.05) is 20.8 Å². The van der Waals surface area contributed by atoms with Crippen LogP contribution in [0.1, 0.15) is 53.0 Å². The molecule has 0 unspecified atom stereocenters. The summed E-state index contributed by atoms with van der Waals surface area (Å²) in [6.45, 7) is 14.2. The number of halogens is 2. The van der Waals surface area contributed by atoms with Gasteiger partial charge < -0.3 is 20.3 Å². The molecule has 2 saturated heterocycles. The lowest BCUT2D eigenvalue weighted by atomic mass is 9.78. The summed E-state index contributed by atoms with van der Waals surface area (Å²) in [5, 5.41) is 0. The van der Waals surface area contributed by atoms with Crippen molar-refractivity contribution in [1.82, 2.24) is 9.80 Å². The zero-order chi connectivity index (χ0) is 23.7. The van der Waals surface area contributed by atoms with Crippen molar-refractivity contribution in [2.24, 2.45) is 11.7 Å². The first-order chi connectivity index (χ1) is 14.9. The highest BCUT2D eigenvalue weighted by molar-refractivity contribution is 5.68. The minimum absolute atomic E-state index is 0.0466. The van der Waals surface area contributed by atoms with Crippen LogP contribution in [0.4, 0.5) is 19.3 Å². The van der Waals surface area contributed by atoms with E-state index < -0.39 is 17.2 Å². The number of amides is 1. The van der Waals surface area contributed by atoms with Crippen LogP contribution in [-0.2, 0) is 11.3 Å². The molecule has 0 radical (unpaired) electrons. The van der Waals surface area contributed by atoms with Crippen molar-refractivity contribution >= 4 is 11.8 Å². The van der Waals surface area contributed by atoms with E-state index in [0.717, 1.165) is 25.9 Å². The molecule has 0 aliphatic carbocycles. The molecular formula is C24H38F2N4O2. The molecule has 2 aliphatic rings. The maximum absolute atomic E-state index is 14.5. The summed E-state index contributed by atoms with van der Waals surface area (Å²) in [6, 6.07) is 2.65. The fourth-order valence-electron chi connectivity index (χ4n) is 4.90. The summed E-state index contributed by atoms with van der Waals surface area (Å²) >= 11 is 0. The van der Waals surface area contributed by atoms with Crippen LogP contribution in [-0.4, -0.2) is 66.3 Å². The number of carbonyl (C=O) groups is 1. The average molecular weight is 453 g/mol. The summed E-state index contributed by atoms with van der Waals surface area (Å²) in [5.74, 6) is -0.662. The topological polar surface area (TPSA) is 62.0 Å². The Kier molecular flexibility index (Phi) is 7.34. The van der Waals surface area contributed by atoms with E-state index >= 15 is 0 Å². The van der Waals surface area contributed by atoms with Crippen molar-refractivity contribution < 1.29 is 18.3 Å². The highest BCUT2D eigenvalue weighted by Gasteiger charge is 2.40. The second-order valence-electron chi connectivity index (χ2n) is 10.5. The number of anilines is 1. The van der Waals surface area contributed by atoms with E-state index in [0.29, 0.717) is 37.7 Å². The van der Waals surface area contributed by atoms with Crippen LogP contribution in [0.2, 0.25) is 0 Å². The Morgan fingerprint density at radius 2 is 1.53 bits per heavy atom. The number of hydrogen-bond donors (Lipinski definition) is 1. The van der Waals surface area contributed by atoms with Crippen LogP contribution < -0.4 is 10.6 Å². The van der Waals surface area contributed by atoms with Crippen LogP contribution >= 0.6 is 0 Å². The molecule has 180 valence electrons. The minimum Gasteiger partial charge on any atom is -0.444 e. The molecule has 0 atom stereocenters. The molecule has 3 rings (SSSR count). The predicted molar refractivity (Wildman–Crippen MR) is 123 cm³/mol. The van der Waals surface area contributed by atoms with E-state index in [2.05, 4.69) is 18.7 Å². The van der Waals surface area contributed by atoms with Crippen LogP contribution in [0.5, 0.6) is 0 Å². The molecule has 2 aliphatic heterocycles. The quantitative estimate of drug-likeness (QED) is 0.749. The second kappa shape index (κ2) is 9.51. The zero-order valence-electron chi connectivity index (χ0n) is 20.1. The first kappa shape index (κ1) is 24.7. The van der Waals surface area contributed by atoms with E-state index in [1.165, 1.54) is 12.1 Å². The average Bonchev–Trinajstić information content (AvgIpc) is 2.72.